The molecule has 1 saturated heterocycles. The number of imidazole rings is 1. The van der Waals surface area contributed by atoms with Crippen LogP contribution in [0.1, 0.15) is 38.1 Å². The molecule has 164 valence electrons. The molecule has 1 aromatic carbocycles. The van der Waals surface area contributed by atoms with Gasteiger partial charge in [0.15, 0.2) is 5.16 Å². The molecular weight excluding hydrogens is 402 g/mol. The smallest absolute Gasteiger partial charge is 0.234 e. The zero-order valence-electron chi connectivity index (χ0n) is 18.2. The highest BCUT2D eigenvalue weighted by molar-refractivity contribution is 7.99. The maximum absolute atomic E-state index is 12.7. The van der Waals surface area contributed by atoms with Gasteiger partial charge in [-0.05, 0) is 52.7 Å². The second-order valence-corrected chi connectivity index (χ2v) is 8.11. The number of hydrogen-bond acceptors (Lipinski definition) is 6. The van der Waals surface area contributed by atoms with E-state index in [-0.39, 0.29) is 17.8 Å². The van der Waals surface area contributed by atoms with E-state index in [9.17, 15) is 4.79 Å². The Morgan fingerprint density at radius 3 is 2.80 bits per heavy atom. The predicted octanol–water partition coefficient (Wildman–Crippen LogP) is 4.21. The zero-order valence-corrected chi connectivity index (χ0v) is 19.0. The summed E-state index contributed by atoms with van der Waals surface area (Å²) < 4.78 is 19.1. The minimum atomic E-state index is -0.114. The van der Waals surface area contributed by atoms with Crippen molar-refractivity contribution in [3.05, 3.63) is 29.6 Å². The lowest BCUT2D eigenvalue weighted by Crippen LogP contribution is -2.18. The molecule has 0 aliphatic carbocycles. The van der Waals surface area contributed by atoms with Crippen LogP contribution in [0.15, 0.2) is 23.4 Å². The van der Waals surface area contributed by atoms with Crippen LogP contribution in [0, 0.1) is 13.8 Å². The molecule has 3 rings (SSSR count). The first kappa shape index (κ1) is 22.5. The molecule has 2 aromatic rings. The van der Waals surface area contributed by atoms with E-state index in [1.54, 1.807) is 6.07 Å². The lowest BCUT2D eigenvalue weighted by atomic mass is 10.2. The van der Waals surface area contributed by atoms with Gasteiger partial charge in [0, 0.05) is 18.4 Å². The summed E-state index contributed by atoms with van der Waals surface area (Å²) in [5, 5.41) is 3.80. The Morgan fingerprint density at radius 2 is 2.10 bits per heavy atom. The number of carbonyl (C=O) groups excluding carboxylic acids is 1. The summed E-state index contributed by atoms with van der Waals surface area (Å²) in [6, 6.07) is 5.45. The van der Waals surface area contributed by atoms with Crippen LogP contribution in [0.5, 0.6) is 11.5 Å². The molecule has 0 spiro atoms. The molecule has 1 atom stereocenters. The van der Waals surface area contributed by atoms with Gasteiger partial charge in [0.1, 0.15) is 11.5 Å². The summed E-state index contributed by atoms with van der Waals surface area (Å²) in [5.41, 5.74) is 2.72. The van der Waals surface area contributed by atoms with Gasteiger partial charge in [-0.1, -0.05) is 11.8 Å². The topological polar surface area (TPSA) is 74.6 Å². The van der Waals surface area contributed by atoms with Gasteiger partial charge in [0.2, 0.25) is 5.91 Å². The molecule has 0 bridgehead atoms. The fraction of sp³-hybridized carbons (Fsp3) is 0.545. The van der Waals surface area contributed by atoms with Gasteiger partial charge in [-0.3, -0.25) is 4.79 Å². The molecule has 1 aliphatic rings. The molecule has 1 fully saturated rings. The Labute approximate surface area is 182 Å². The Hall–Kier alpha value is -2.19. The van der Waals surface area contributed by atoms with E-state index < -0.39 is 0 Å². The Kier molecular flexibility index (Phi) is 8.04. The van der Waals surface area contributed by atoms with Crippen LogP contribution >= 0.6 is 11.8 Å². The van der Waals surface area contributed by atoms with Gasteiger partial charge in [0.05, 0.1) is 43.0 Å². The van der Waals surface area contributed by atoms with Crippen molar-refractivity contribution in [2.75, 3.05) is 30.9 Å². The largest absolute Gasteiger partial charge is 0.494 e. The predicted molar refractivity (Wildman–Crippen MR) is 119 cm³/mol. The molecular formula is C22H31N3O4S. The minimum absolute atomic E-state index is 0.114. The highest BCUT2D eigenvalue weighted by atomic mass is 32.2. The van der Waals surface area contributed by atoms with Gasteiger partial charge in [0.25, 0.3) is 0 Å². The maximum Gasteiger partial charge on any atom is 0.234 e. The minimum Gasteiger partial charge on any atom is -0.494 e. The number of rotatable bonds is 10. The van der Waals surface area contributed by atoms with E-state index in [2.05, 4.69) is 21.8 Å². The SMILES string of the molecule is CCOc1ccc(OCC)c(NC(=O)CSc2nc(C)c(C)n2C[C@H]2CCCO2)c1. The molecule has 0 unspecified atom stereocenters. The van der Waals surface area contributed by atoms with E-state index in [0.717, 1.165) is 42.5 Å². The van der Waals surface area contributed by atoms with Crippen molar-refractivity contribution in [2.24, 2.45) is 0 Å². The average molecular weight is 434 g/mol. The number of hydrogen-bond donors (Lipinski definition) is 1. The van der Waals surface area contributed by atoms with Crippen molar-refractivity contribution in [1.82, 2.24) is 9.55 Å². The van der Waals surface area contributed by atoms with Crippen molar-refractivity contribution in [1.29, 1.82) is 0 Å². The standard InChI is InChI=1S/C22H31N3O4S/c1-5-27-17-9-10-20(28-6-2)19(12-17)24-21(26)14-30-22-23-15(3)16(4)25(22)13-18-8-7-11-29-18/h9-10,12,18H,5-8,11,13-14H2,1-4H3,(H,24,26)/t18-/m1/s1. The molecule has 7 nitrogen and oxygen atoms in total. The summed E-state index contributed by atoms with van der Waals surface area (Å²) in [6.07, 6.45) is 2.39. The second kappa shape index (κ2) is 10.7. The Balaban J connectivity index is 1.66. The molecule has 0 saturated carbocycles. The average Bonchev–Trinajstić information content (AvgIpc) is 3.33. The first-order chi connectivity index (χ1) is 14.5. The summed E-state index contributed by atoms with van der Waals surface area (Å²) >= 11 is 1.44. The molecule has 1 amide bonds. The third-order valence-electron chi connectivity index (χ3n) is 5.00. The van der Waals surface area contributed by atoms with Crippen LogP contribution in [0.25, 0.3) is 0 Å². The van der Waals surface area contributed by atoms with E-state index in [4.69, 9.17) is 14.2 Å². The summed E-state index contributed by atoms with van der Waals surface area (Å²) in [5.74, 6) is 1.47. The van der Waals surface area contributed by atoms with Gasteiger partial charge in [-0.25, -0.2) is 4.98 Å². The number of benzene rings is 1. The van der Waals surface area contributed by atoms with E-state index in [0.29, 0.717) is 30.4 Å². The molecule has 1 aliphatic heterocycles. The molecule has 8 heteroatoms. The van der Waals surface area contributed by atoms with Crippen molar-refractivity contribution < 1.29 is 19.0 Å². The number of aromatic nitrogens is 2. The Bertz CT molecular complexity index is 862. The van der Waals surface area contributed by atoms with Crippen molar-refractivity contribution in [3.8, 4) is 11.5 Å². The number of nitrogens with zero attached hydrogens (tertiary/aromatic N) is 2. The number of amides is 1. The Morgan fingerprint density at radius 1 is 1.30 bits per heavy atom. The van der Waals surface area contributed by atoms with Crippen molar-refractivity contribution in [3.63, 3.8) is 0 Å². The summed E-state index contributed by atoms with van der Waals surface area (Å²) in [4.78, 5) is 17.3. The van der Waals surface area contributed by atoms with E-state index in [1.807, 2.05) is 32.9 Å². The lowest BCUT2D eigenvalue weighted by molar-refractivity contribution is -0.113. The number of aryl methyl sites for hydroxylation is 1. The van der Waals surface area contributed by atoms with Crippen LogP contribution in [0.2, 0.25) is 0 Å². The van der Waals surface area contributed by atoms with Gasteiger partial charge in [-0.2, -0.15) is 0 Å². The number of anilines is 1. The van der Waals surface area contributed by atoms with Crippen LogP contribution in [-0.4, -0.2) is 47.1 Å². The second-order valence-electron chi connectivity index (χ2n) is 7.17. The highest BCUT2D eigenvalue weighted by Crippen LogP contribution is 2.30. The van der Waals surface area contributed by atoms with Gasteiger partial charge in [-0.15, -0.1) is 0 Å². The van der Waals surface area contributed by atoms with Crippen molar-refractivity contribution in [2.45, 2.75) is 58.3 Å². The third-order valence-corrected chi connectivity index (χ3v) is 5.98. The molecule has 2 heterocycles. The molecule has 0 radical (unpaired) electrons. The first-order valence-corrected chi connectivity index (χ1v) is 11.5. The monoisotopic (exact) mass is 433 g/mol. The maximum atomic E-state index is 12.7. The highest BCUT2D eigenvalue weighted by Gasteiger charge is 2.21. The van der Waals surface area contributed by atoms with Crippen LogP contribution in [0.3, 0.4) is 0 Å². The van der Waals surface area contributed by atoms with E-state index in [1.165, 1.54) is 11.8 Å². The van der Waals surface area contributed by atoms with Crippen LogP contribution in [0.4, 0.5) is 5.69 Å². The first-order valence-electron chi connectivity index (χ1n) is 10.5. The fourth-order valence-corrected chi connectivity index (χ4v) is 4.30. The quantitative estimate of drug-likeness (QED) is 0.566. The van der Waals surface area contributed by atoms with Crippen molar-refractivity contribution >= 4 is 23.4 Å². The number of ether oxygens (including phenoxy) is 3. The van der Waals surface area contributed by atoms with E-state index >= 15 is 0 Å². The summed E-state index contributed by atoms with van der Waals surface area (Å²) in [6.45, 7) is 10.6. The lowest BCUT2D eigenvalue weighted by Gasteiger charge is -2.15. The number of carbonyl (C=O) groups is 1. The third kappa shape index (κ3) is 5.70. The van der Waals surface area contributed by atoms with Gasteiger partial charge < -0.3 is 24.1 Å². The van der Waals surface area contributed by atoms with Crippen LogP contribution < -0.4 is 14.8 Å². The normalized spacial score (nSPS) is 15.9. The molecule has 1 N–H and O–H groups in total. The summed E-state index contributed by atoms with van der Waals surface area (Å²) in [7, 11) is 0. The molecule has 30 heavy (non-hydrogen) atoms. The molecule has 1 aromatic heterocycles. The zero-order chi connectivity index (χ0) is 21.5. The number of nitrogens with one attached hydrogen (secondary N) is 1. The van der Waals surface area contributed by atoms with Crippen LogP contribution in [-0.2, 0) is 16.1 Å². The fourth-order valence-electron chi connectivity index (χ4n) is 3.40. The number of thioether (sulfide) groups is 1. The van der Waals surface area contributed by atoms with Gasteiger partial charge >= 0.3 is 0 Å².